The Morgan fingerprint density at radius 3 is 2.65 bits per heavy atom. The molecule has 0 unspecified atom stereocenters. The topological polar surface area (TPSA) is 20.3 Å². The zero-order chi connectivity index (χ0) is 11.7. The van der Waals surface area contributed by atoms with E-state index in [4.69, 9.17) is 0 Å². The van der Waals surface area contributed by atoms with Crippen LogP contribution in [0.1, 0.15) is 35.2 Å². The molecule has 0 N–H and O–H groups in total. The third-order valence-corrected chi connectivity index (χ3v) is 3.70. The van der Waals surface area contributed by atoms with E-state index in [2.05, 4.69) is 17.2 Å². The highest BCUT2D eigenvalue weighted by Crippen LogP contribution is 2.25. The molecule has 17 heavy (non-hydrogen) atoms. The van der Waals surface area contributed by atoms with Crippen LogP contribution in [0.25, 0.3) is 0 Å². The van der Waals surface area contributed by atoms with Gasteiger partial charge in [0.05, 0.1) is 0 Å². The van der Waals surface area contributed by atoms with E-state index in [0.29, 0.717) is 0 Å². The summed E-state index contributed by atoms with van der Waals surface area (Å²) in [4.78, 5) is 14.6. The summed E-state index contributed by atoms with van der Waals surface area (Å²) in [5.41, 5.74) is 3.10. The van der Waals surface area contributed by atoms with Crippen LogP contribution in [0, 0.1) is 0 Å². The van der Waals surface area contributed by atoms with E-state index >= 15 is 0 Å². The van der Waals surface area contributed by atoms with Gasteiger partial charge in [-0.1, -0.05) is 24.3 Å². The van der Waals surface area contributed by atoms with Gasteiger partial charge in [-0.25, -0.2) is 0 Å². The van der Waals surface area contributed by atoms with Crippen LogP contribution in [0.3, 0.4) is 0 Å². The third-order valence-electron chi connectivity index (χ3n) is 3.70. The Morgan fingerprint density at radius 1 is 1.06 bits per heavy atom. The molecular formula is C15H17NO. The lowest BCUT2D eigenvalue weighted by Crippen LogP contribution is -2.19. The molecule has 2 heteroatoms. The Bertz CT molecular complexity index is 470. The summed E-state index contributed by atoms with van der Waals surface area (Å²) in [6.45, 7) is 2.22. The lowest BCUT2D eigenvalue weighted by atomic mass is 9.87. The molecule has 0 spiro atoms. The first-order chi connectivity index (χ1) is 8.34. The Labute approximate surface area is 102 Å². The molecule has 1 aromatic carbocycles. The molecule has 0 atom stereocenters. The number of allylic oxidation sites excluding steroid dienone is 1. The monoisotopic (exact) mass is 227 g/mol. The van der Waals surface area contributed by atoms with Crippen LogP contribution in [0.4, 0.5) is 0 Å². The second kappa shape index (κ2) is 4.36. The minimum Gasteiger partial charge on any atom is -0.377 e. The van der Waals surface area contributed by atoms with Gasteiger partial charge in [0.25, 0.3) is 0 Å². The van der Waals surface area contributed by atoms with E-state index < -0.39 is 0 Å². The van der Waals surface area contributed by atoms with Crippen LogP contribution in [-0.2, 0) is 6.42 Å². The lowest BCUT2D eigenvalue weighted by molar-refractivity contribution is 0.102. The fourth-order valence-corrected chi connectivity index (χ4v) is 2.73. The summed E-state index contributed by atoms with van der Waals surface area (Å²) in [6, 6.07) is 7.99. The van der Waals surface area contributed by atoms with Gasteiger partial charge in [0.2, 0.25) is 0 Å². The maximum absolute atomic E-state index is 12.3. The number of benzene rings is 1. The van der Waals surface area contributed by atoms with Crippen molar-refractivity contribution in [3.05, 3.63) is 47.2 Å². The molecule has 0 saturated carbocycles. The van der Waals surface area contributed by atoms with Crippen LogP contribution in [0.2, 0.25) is 0 Å². The van der Waals surface area contributed by atoms with E-state index in [9.17, 15) is 4.79 Å². The standard InChI is InChI=1S/C15H17NO/c17-15-13(11-16-9-3-4-10-16)8-7-12-5-1-2-6-14(12)15/h1-2,5-6,11H,3-4,7-10H2/b13-11+. The highest BCUT2D eigenvalue weighted by Gasteiger charge is 2.22. The number of hydrogen-bond acceptors (Lipinski definition) is 2. The summed E-state index contributed by atoms with van der Waals surface area (Å²) in [6.07, 6.45) is 6.52. The first-order valence-electron chi connectivity index (χ1n) is 6.42. The molecule has 2 nitrogen and oxygen atoms in total. The number of Topliss-reactive ketones (excluding diaryl/α,β-unsaturated/α-hetero) is 1. The van der Waals surface area contributed by atoms with Crippen molar-refractivity contribution in [2.45, 2.75) is 25.7 Å². The summed E-state index contributed by atoms with van der Waals surface area (Å²) < 4.78 is 0. The highest BCUT2D eigenvalue weighted by molar-refractivity contribution is 6.10. The molecule has 1 fully saturated rings. The number of ketones is 1. The smallest absolute Gasteiger partial charge is 0.190 e. The molecule has 0 bridgehead atoms. The molecule has 0 radical (unpaired) electrons. The van der Waals surface area contributed by atoms with Crippen molar-refractivity contribution in [2.24, 2.45) is 0 Å². The van der Waals surface area contributed by atoms with E-state index in [1.165, 1.54) is 18.4 Å². The van der Waals surface area contributed by atoms with Crippen molar-refractivity contribution in [3.8, 4) is 0 Å². The van der Waals surface area contributed by atoms with Crippen molar-refractivity contribution in [2.75, 3.05) is 13.1 Å². The molecule has 3 rings (SSSR count). The zero-order valence-electron chi connectivity index (χ0n) is 9.98. The van der Waals surface area contributed by atoms with Crippen molar-refractivity contribution in [1.29, 1.82) is 0 Å². The van der Waals surface area contributed by atoms with Crippen LogP contribution in [0.5, 0.6) is 0 Å². The summed E-state index contributed by atoms with van der Waals surface area (Å²) in [5, 5.41) is 0. The van der Waals surface area contributed by atoms with Crippen molar-refractivity contribution in [1.82, 2.24) is 4.90 Å². The molecule has 0 amide bonds. The van der Waals surface area contributed by atoms with Crippen LogP contribution in [-0.4, -0.2) is 23.8 Å². The van der Waals surface area contributed by atoms with Gasteiger partial charge in [-0.3, -0.25) is 4.79 Å². The third kappa shape index (κ3) is 1.99. The molecular weight excluding hydrogens is 210 g/mol. The minimum atomic E-state index is 0.235. The molecule has 0 aromatic heterocycles. The first-order valence-corrected chi connectivity index (χ1v) is 6.42. The predicted molar refractivity (Wildman–Crippen MR) is 68.0 cm³/mol. The molecule has 1 heterocycles. The number of carbonyl (C=O) groups excluding carboxylic acids is 1. The number of aryl methyl sites for hydroxylation is 1. The van der Waals surface area contributed by atoms with Gasteiger partial charge in [-0.2, -0.15) is 0 Å². The SMILES string of the molecule is O=C1/C(=C/N2CCCC2)CCc2ccccc21. The Kier molecular flexibility index (Phi) is 2.71. The normalized spacial score (nSPS) is 22.0. The number of likely N-dealkylation sites (tertiary alicyclic amines) is 1. The Balaban J connectivity index is 1.88. The maximum Gasteiger partial charge on any atom is 0.190 e. The average Bonchev–Trinajstić information content (AvgIpc) is 2.86. The van der Waals surface area contributed by atoms with E-state index in [-0.39, 0.29) is 5.78 Å². The lowest BCUT2D eigenvalue weighted by Gasteiger charge is -2.20. The van der Waals surface area contributed by atoms with Crippen LogP contribution >= 0.6 is 0 Å². The maximum atomic E-state index is 12.3. The number of fused-ring (bicyclic) bond motifs is 1. The van der Waals surface area contributed by atoms with E-state index in [0.717, 1.165) is 37.1 Å². The zero-order valence-corrected chi connectivity index (χ0v) is 9.98. The number of hydrogen-bond donors (Lipinski definition) is 0. The molecule has 2 aliphatic rings. The molecule has 1 saturated heterocycles. The van der Waals surface area contributed by atoms with Crippen LogP contribution < -0.4 is 0 Å². The largest absolute Gasteiger partial charge is 0.377 e. The average molecular weight is 227 g/mol. The van der Waals surface area contributed by atoms with E-state index in [1.807, 2.05) is 18.2 Å². The predicted octanol–water partition coefficient (Wildman–Crippen LogP) is 2.80. The number of nitrogens with zero attached hydrogens (tertiary/aromatic N) is 1. The van der Waals surface area contributed by atoms with Crippen molar-refractivity contribution < 1.29 is 4.79 Å². The minimum absolute atomic E-state index is 0.235. The van der Waals surface area contributed by atoms with Gasteiger partial charge in [-0.15, -0.1) is 0 Å². The molecule has 88 valence electrons. The van der Waals surface area contributed by atoms with E-state index in [1.54, 1.807) is 0 Å². The molecule has 1 aliphatic heterocycles. The molecule has 1 aliphatic carbocycles. The Hall–Kier alpha value is -1.57. The van der Waals surface area contributed by atoms with Gasteiger partial charge in [-0.05, 0) is 31.2 Å². The van der Waals surface area contributed by atoms with Gasteiger partial charge in [0.15, 0.2) is 5.78 Å². The first kappa shape index (κ1) is 10.6. The second-order valence-electron chi connectivity index (χ2n) is 4.88. The fourth-order valence-electron chi connectivity index (χ4n) is 2.73. The number of carbonyl (C=O) groups is 1. The second-order valence-corrected chi connectivity index (χ2v) is 4.88. The highest BCUT2D eigenvalue weighted by atomic mass is 16.1. The van der Waals surface area contributed by atoms with Crippen molar-refractivity contribution >= 4 is 5.78 Å². The molecule has 1 aromatic rings. The van der Waals surface area contributed by atoms with Gasteiger partial charge >= 0.3 is 0 Å². The van der Waals surface area contributed by atoms with Gasteiger partial charge < -0.3 is 4.90 Å². The Morgan fingerprint density at radius 2 is 1.82 bits per heavy atom. The summed E-state index contributed by atoms with van der Waals surface area (Å²) in [7, 11) is 0. The fraction of sp³-hybridized carbons (Fsp3) is 0.400. The van der Waals surface area contributed by atoms with Crippen molar-refractivity contribution in [3.63, 3.8) is 0 Å². The quantitative estimate of drug-likeness (QED) is 0.688. The summed E-state index contributed by atoms with van der Waals surface area (Å²) >= 11 is 0. The van der Waals surface area contributed by atoms with Gasteiger partial charge in [0, 0.05) is 30.4 Å². The number of rotatable bonds is 1. The van der Waals surface area contributed by atoms with Crippen LogP contribution in [0.15, 0.2) is 36.0 Å². The summed E-state index contributed by atoms with van der Waals surface area (Å²) in [5.74, 6) is 0.235. The van der Waals surface area contributed by atoms with Gasteiger partial charge in [0.1, 0.15) is 0 Å².